The molecule has 0 saturated heterocycles. The lowest BCUT2D eigenvalue weighted by atomic mass is 10.1. The molecule has 0 aliphatic rings. The number of aromatic nitrogens is 2. The van der Waals surface area contributed by atoms with Gasteiger partial charge in [0.2, 0.25) is 0 Å². The molecule has 1 N–H and O–H groups in total. The Balaban J connectivity index is 1.91. The van der Waals surface area contributed by atoms with Crippen LogP contribution in [0.3, 0.4) is 0 Å². The Bertz CT molecular complexity index is 1120. The minimum absolute atomic E-state index is 0.0354. The van der Waals surface area contributed by atoms with Gasteiger partial charge in [-0.3, -0.25) is 4.40 Å². The Kier molecular flexibility index (Phi) is 3.93. The lowest BCUT2D eigenvalue weighted by molar-refractivity contribution is 0.477. The van der Waals surface area contributed by atoms with Crippen molar-refractivity contribution in [2.45, 2.75) is 6.92 Å². The van der Waals surface area contributed by atoms with Crippen molar-refractivity contribution in [1.82, 2.24) is 9.38 Å². The Labute approximate surface area is 149 Å². The standard InChI is InChI=1S/C20H15FN4O/c1-13-8-10-14(11-9-13)18-20(24-23-16-6-3-2-5-15(16)21)25-12-4-7-17(26)19(25)22-18/h2-12,26H,1H3. The molecule has 0 aliphatic carbocycles. The fourth-order valence-corrected chi connectivity index (χ4v) is 2.68. The van der Waals surface area contributed by atoms with E-state index in [1.54, 1.807) is 40.9 Å². The predicted molar refractivity (Wildman–Crippen MR) is 97.6 cm³/mol. The van der Waals surface area contributed by atoms with Crippen LogP contribution in [0.2, 0.25) is 0 Å². The van der Waals surface area contributed by atoms with Crippen molar-refractivity contribution in [3.05, 3.63) is 78.2 Å². The zero-order valence-corrected chi connectivity index (χ0v) is 14.0. The predicted octanol–water partition coefficient (Wildman–Crippen LogP) is 5.57. The van der Waals surface area contributed by atoms with E-state index in [-0.39, 0.29) is 11.4 Å². The Hall–Kier alpha value is -3.54. The van der Waals surface area contributed by atoms with E-state index in [1.165, 1.54) is 6.07 Å². The number of pyridine rings is 1. The molecule has 0 fully saturated rings. The van der Waals surface area contributed by atoms with Crippen molar-refractivity contribution in [3.63, 3.8) is 0 Å². The molecular weight excluding hydrogens is 331 g/mol. The highest BCUT2D eigenvalue weighted by Gasteiger charge is 2.16. The first-order valence-corrected chi connectivity index (χ1v) is 8.07. The maximum atomic E-state index is 13.8. The number of azo groups is 1. The molecule has 128 valence electrons. The molecule has 0 saturated carbocycles. The molecule has 4 aromatic rings. The molecule has 26 heavy (non-hydrogen) atoms. The summed E-state index contributed by atoms with van der Waals surface area (Å²) in [6.07, 6.45) is 1.73. The molecule has 0 aliphatic heterocycles. The normalized spacial score (nSPS) is 11.5. The van der Waals surface area contributed by atoms with Crippen molar-refractivity contribution in [2.24, 2.45) is 10.2 Å². The van der Waals surface area contributed by atoms with E-state index in [4.69, 9.17) is 0 Å². The molecule has 0 unspecified atom stereocenters. The number of fused-ring (bicyclic) bond motifs is 1. The summed E-state index contributed by atoms with van der Waals surface area (Å²) >= 11 is 0. The molecule has 2 aromatic carbocycles. The molecule has 0 amide bonds. The topological polar surface area (TPSA) is 62.2 Å². The molecule has 0 spiro atoms. The van der Waals surface area contributed by atoms with Crippen LogP contribution in [0.25, 0.3) is 16.9 Å². The average Bonchev–Trinajstić information content (AvgIpc) is 3.02. The van der Waals surface area contributed by atoms with Gasteiger partial charge < -0.3 is 5.11 Å². The third-order valence-electron chi connectivity index (χ3n) is 4.03. The van der Waals surface area contributed by atoms with Gasteiger partial charge in [0.05, 0.1) is 0 Å². The summed E-state index contributed by atoms with van der Waals surface area (Å²) in [6, 6.07) is 17.2. The first-order valence-electron chi connectivity index (χ1n) is 8.07. The summed E-state index contributed by atoms with van der Waals surface area (Å²) in [5, 5.41) is 18.4. The summed E-state index contributed by atoms with van der Waals surface area (Å²) in [5.41, 5.74) is 3.02. The van der Waals surface area contributed by atoms with Crippen molar-refractivity contribution < 1.29 is 9.50 Å². The maximum absolute atomic E-state index is 13.8. The number of nitrogens with zero attached hydrogens (tertiary/aromatic N) is 4. The number of halogens is 1. The summed E-state index contributed by atoms with van der Waals surface area (Å²) < 4.78 is 15.5. The van der Waals surface area contributed by atoms with Gasteiger partial charge in [-0.2, -0.15) is 0 Å². The van der Waals surface area contributed by atoms with Crippen LogP contribution >= 0.6 is 0 Å². The van der Waals surface area contributed by atoms with Gasteiger partial charge in [-0.05, 0) is 31.2 Å². The third-order valence-corrected chi connectivity index (χ3v) is 4.03. The van der Waals surface area contributed by atoms with Crippen LogP contribution in [0.15, 0.2) is 77.1 Å². The van der Waals surface area contributed by atoms with E-state index in [1.807, 2.05) is 31.2 Å². The van der Waals surface area contributed by atoms with Gasteiger partial charge in [0.25, 0.3) is 0 Å². The molecule has 5 nitrogen and oxygen atoms in total. The smallest absolute Gasteiger partial charge is 0.187 e. The van der Waals surface area contributed by atoms with Gasteiger partial charge in [-0.1, -0.05) is 42.0 Å². The zero-order valence-electron chi connectivity index (χ0n) is 14.0. The highest BCUT2D eigenvalue weighted by atomic mass is 19.1. The fraction of sp³-hybridized carbons (Fsp3) is 0.0500. The van der Waals surface area contributed by atoms with Gasteiger partial charge in [-0.25, -0.2) is 9.37 Å². The molecule has 0 bridgehead atoms. The van der Waals surface area contributed by atoms with E-state index in [0.717, 1.165) is 11.1 Å². The minimum Gasteiger partial charge on any atom is -0.504 e. The molecule has 4 rings (SSSR count). The maximum Gasteiger partial charge on any atom is 0.187 e. The number of hydrogen-bond acceptors (Lipinski definition) is 4. The van der Waals surface area contributed by atoms with E-state index in [0.29, 0.717) is 17.2 Å². The fourth-order valence-electron chi connectivity index (χ4n) is 2.68. The van der Waals surface area contributed by atoms with Crippen LogP contribution in [0.1, 0.15) is 5.56 Å². The van der Waals surface area contributed by atoms with Crippen molar-refractivity contribution in [3.8, 4) is 17.0 Å². The lowest BCUT2D eigenvalue weighted by Gasteiger charge is -2.01. The molecule has 0 radical (unpaired) electrons. The highest BCUT2D eigenvalue weighted by molar-refractivity contribution is 5.76. The molecule has 2 aromatic heterocycles. The van der Waals surface area contributed by atoms with Gasteiger partial charge in [-0.15, -0.1) is 10.2 Å². The van der Waals surface area contributed by atoms with Crippen molar-refractivity contribution in [2.75, 3.05) is 0 Å². The van der Waals surface area contributed by atoms with Crippen LogP contribution in [0, 0.1) is 12.7 Å². The SMILES string of the molecule is Cc1ccc(-c2nc3c(O)cccn3c2N=Nc2ccccc2F)cc1. The summed E-state index contributed by atoms with van der Waals surface area (Å²) in [6.45, 7) is 2.00. The molecule has 0 atom stereocenters. The average molecular weight is 346 g/mol. The van der Waals surface area contributed by atoms with Crippen molar-refractivity contribution in [1.29, 1.82) is 0 Å². The lowest BCUT2D eigenvalue weighted by Crippen LogP contribution is -1.83. The van der Waals surface area contributed by atoms with Gasteiger partial charge in [0.15, 0.2) is 23.0 Å². The van der Waals surface area contributed by atoms with E-state index < -0.39 is 5.82 Å². The largest absolute Gasteiger partial charge is 0.504 e. The van der Waals surface area contributed by atoms with Crippen LogP contribution in [-0.4, -0.2) is 14.5 Å². The minimum atomic E-state index is -0.454. The third kappa shape index (κ3) is 2.82. The van der Waals surface area contributed by atoms with Crippen molar-refractivity contribution >= 4 is 17.2 Å². The van der Waals surface area contributed by atoms with Crippen LogP contribution < -0.4 is 0 Å². The second kappa shape index (κ2) is 6.40. The van der Waals surface area contributed by atoms with Crippen LogP contribution in [0.4, 0.5) is 15.9 Å². The summed E-state index contributed by atoms with van der Waals surface area (Å²) in [7, 11) is 0. The summed E-state index contributed by atoms with van der Waals surface area (Å²) in [4.78, 5) is 4.51. The number of benzene rings is 2. The Morgan fingerprint density at radius 3 is 2.50 bits per heavy atom. The van der Waals surface area contributed by atoms with Crippen LogP contribution in [0.5, 0.6) is 5.75 Å². The van der Waals surface area contributed by atoms with Crippen LogP contribution in [-0.2, 0) is 0 Å². The van der Waals surface area contributed by atoms with Gasteiger partial charge in [0.1, 0.15) is 11.4 Å². The Morgan fingerprint density at radius 2 is 1.73 bits per heavy atom. The number of rotatable bonds is 3. The van der Waals surface area contributed by atoms with E-state index in [2.05, 4.69) is 15.2 Å². The number of hydrogen-bond donors (Lipinski definition) is 1. The number of aryl methyl sites for hydroxylation is 1. The first kappa shape index (κ1) is 16.0. The second-order valence-electron chi connectivity index (χ2n) is 5.89. The van der Waals surface area contributed by atoms with Gasteiger partial charge in [0, 0.05) is 11.8 Å². The number of aromatic hydroxyl groups is 1. The highest BCUT2D eigenvalue weighted by Crippen LogP contribution is 2.35. The summed E-state index contributed by atoms with van der Waals surface area (Å²) in [5.74, 6) is 0.000938. The monoisotopic (exact) mass is 346 g/mol. The Morgan fingerprint density at radius 1 is 0.962 bits per heavy atom. The van der Waals surface area contributed by atoms with E-state index in [9.17, 15) is 9.50 Å². The molecule has 2 heterocycles. The number of imidazole rings is 1. The van der Waals surface area contributed by atoms with Gasteiger partial charge >= 0.3 is 0 Å². The molecule has 6 heteroatoms. The zero-order chi connectivity index (χ0) is 18.1. The second-order valence-corrected chi connectivity index (χ2v) is 5.89. The quantitative estimate of drug-likeness (QED) is 0.493. The molecular formula is C20H15FN4O. The first-order chi connectivity index (χ1) is 12.6. The van der Waals surface area contributed by atoms with E-state index >= 15 is 0 Å².